The van der Waals surface area contributed by atoms with Crippen molar-refractivity contribution >= 4 is 10.8 Å². The predicted octanol–water partition coefficient (Wildman–Crippen LogP) is 4.37. The second-order valence-corrected chi connectivity index (χ2v) is 5.24. The molecule has 1 unspecified atom stereocenters. The smallest absolute Gasteiger partial charge is 0.165 e. The lowest BCUT2D eigenvalue weighted by Gasteiger charge is -2.25. The number of hydrogen-bond donors (Lipinski definition) is 1. The minimum atomic E-state index is -1.60. The van der Waals surface area contributed by atoms with E-state index in [1.807, 2.05) is 30.3 Å². The number of benzene rings is 3. The molecule has 3 aromatic carbocycles. The molecule has 0 saturated carbocycles. The van der Waals surface area contributed by atoms with Gasteiger partial charge < -0.3 is 5.11 Å². The molecule has 1 nitrogen and oxygen atoms in total. The van der Waals surface area contributed by atoms with Crippen molar-refractivity contribution in [3.63, 3.8) is 0 Å². The van der Waals surface area contributed by atoms with Gasteiger partial charge in [-0.15, -0.1) is 0 Å². The van der Waals surface area contributed by atoms with Gasteiger partial charge in [0.1, 0.15) is 5.60 Å². The van der Waals surface area contributed by atoms with Crippen LogP contribution in [0.15, 0.2) is 60.7 Å². The molecule has 0 heterocycles. The fourth-order valence-corrected chi connectivity index (χ4v) is 2.53. The Morgan fingerprint density at radius 2 is 1.57 bits per heavy atom. The highest BCUT2D eigenvalue weighted by Crippen LogP contribution is 2.33. The maximum Gasteiger partial charge on any atom is 0.165 e. The van der Waals surface area contributed by atoms with Crippen LogP contribution in [0.4, 0.5) is 8.78 Å². The quantitative estimate of drug-likeness (QED) is 0.740. The standard InChI is InChI=1S/C18H14F2O/c1-18(21,15-7-4-8-16(19)17(15)20)14-10-9-12-5-2-3-6-13(12)11-14/h2-11,21H,1H3. The summed E-state index contributed by atoms with van der Waals surface area (Å²) < 4.78 is 27.4. The molecule has 3 rings (SSSR count). The Morgan fingerprint density at radius 3 is 2.33 bits per heavy atom. The molecule has 0 radical (unpaired) electrons. The van der Waals surface area contributed by atoms with Gasteiger partial charge in [0.15, 0.2) is 11.6 Å². The molecule has 3 heteroatoms. The van der Waals surface area contributed by atoms with Crippen molar-refractivity contribution in [2.24, 2.45) is 0 Å². The molecule has 0 saturated heterocycles. The largest absolute Gasteiger partial charge is 0.381 e. The van der Waals surface area contributed by atoms with Crippen LogP contribution < -0.4 is 0 Å². The lowest BCUT2D eigenvalue weighted by molar-refractivity contribution is 0.0971. The van der Waals surface area contributed by atoms with Gasteiger partial charge >= 0.3 is 0 Å². The molecule has 0 aliphatic rings. The summed E-state index contributed by atoms with van der Waals surface area (Å²) >= 11 is 0. The first kappa shape index (κ1) is 13.7. The summed E-state index contributed by atoms with van der Waals surface area (Å²) in [6.45, 7) is 1.47. The van der Waals surface area contributed by atoms with Crippen LogP contribution in [0.5, 0.6) is 0 Å². The van der Waals surface area contributed by atoms with Crippen LogP contribution in [0, 0.1) is 11.6 Å². The summed E-state index contributed by atoms with van der Waals surface area (Å²) in [7, 11) is 0. The van der Waals surface area contributed by atoms with Crippen molar-refractivity contribution in [2.45, 2.75) is 12.5 Å². The fourth-order valence-electron chi connectivity index (χ4n) is 2.53. The maximum absolute atomic E-state index is 14.0. The fraction of sp³-hybridized carbons (Fsp3) is 0.111. The molecule has 21 heavy (non-hydrogen) atoms. The van der Waals surface area contributed by atoms with E-state index in [9.17, 15) is 13.9 Å². The number of fused-ring (bicyclic) bond motifs is 1. The molecule has 0 fully saturated rings. The van der Waals surface area contributed by atoms with Crippen LogP contribution in [0.25, 0.3) is 10.8 Å². The van der Waals surface area contributed by atoms with E-state index >= 15 is 0 Å². The monoisotopic (exact) mass is 284 g/mol. The molecule has 0 aliphatic heterocycles. The van der Waals surface area contributed by atoms with Crippen molar-refractivity contribution in [1.82, 2.24) is 0 Å². The van der Waals surface area contributed by atoms with Crippen LogP contribution in [0.3, 0.4) is 0 Å². The molecule has 0 bridgehead atoms. The van der Waals surface area contributed by atoms with Crippen LogP contribution >= 0.6 is 0 Å². The number of halogens is 2. The first-order valence-electron chi connectivity index (χ1n) is 6.66. The molecule has 0 amide bonds. The minimum absolute atomic E-state index is 0.0715. The third kappa shape index (κ3) is 2.30. The van der Waals surface area contributed by atoms with Crippen molar-refractivity contribution in [3.05, 3.63) is 83.4 Å². The zero-order valence-electron chi connectivity index (χ0n) is 11.5. The Morgan fingerprint density at radius 1 is 0.857 bits per heavy atom. The van der Waals surface area contributed by atoms with Crippen LogP contribution in [-0.2, 0) is 5.60 Å². The van der Waals surface area contributed by atoms with Crippen molar-refractivity contribution in [3.8, 4) is 0 Å². The SMILES string of the molecule is CC(O)(c1ccc2ccccc2c1)c1cccc(F)c1F. The summed E-state index contributed by atoms with van der Waals surface area (Å²) in [4.78, 5) is 0. The van der Waals surface area contributed by atoms with Gasteiger partial charge in [-0.3, -0.25) is 0 Å². The normalized spacial score (nSPS) is 14.1. The Bertz CT molecular complexity index is 809. The summed E-state index contributed by atoms with van der Waals surface area (Å²) in [5.74, 6) is -1.98. The zero-order chi connectivity index (χ0) is 15.0. The maximum atomic E-state index is 14.0. The van der Waals surface area contributed by atoms with E-state index in [0.29, 0.717) is 5.56 Å². The summed E-state index contributed by atoms with van der Waals surface area (Å²) in [6, 6.07) is 16.9. The van der Waals surface area contributed by atoms with E-state index in [-0.39, 0.29) is 5.56 Å². The minimum Gasteiger partial charge on any atom is -0.381 e. The second-order valence-electron chi connectivity index (χ2n) is 5.24. The van der Waals surface area contributed by atoms with Gasteiger partial charge in [0.05, 0.1) is 0 Å². The number of aliphatic hydroxyl groups is 1. The van der Waals surface area contributed by atoms with Crippen LogP contribution in [0.1, 0.15) is 18.1 Å². The van der Waals surface area contributed by atoms with E-state index in [2.05, 4.69) is 0 Å². The highest BCUT2D eigenvalue weighted by atomic mass is 19.2. The van der Waals surface area contributed by atoms with E-state index in [4.69, 9.17) is 0 Å². The Hall–Kier alpha value is -2.26. The van der Waals surface area contributed by atoms with E-state index in [1.54, 1.807) is 12.1 Å². The summed E-state index contributed by atoms with van der Waals surface area (Å²) in [6.07, 6.45) is 0. The third-order valence-corrected chi connectivity index (χ3v) is 3.79. The van der Waals surface area contributed by atoms with Gasteiger partial charge in [-0.05, 0) is 35.4 Å². The molecular weight excluding hydrogens is 270 g/mol. The van der Waals surface area contributed by atoms with E-state index in [0.717, 1.165) is 16.8 Å². The van der Waals surface area contributed by atoms with Crippen molar-refractivity contribution < 1.29 is 13.9 Å². The van der Waals surface area contributed by atoms with Crippen molar-refractivity contribution in [2.75, 3.05) is 0 Å². The Kier molecular flexibility index (Phi) is 3.22. The Balaban J connectivity index is 2.17. The lowest BCUT2D eigenvalue weighted by atomic mass is 9.86. The molecule has 106 valence electrons. The highest BCUT2D eigenvalue weighted by molar-refractivity contribution is 5.83. The lowest BCUT2D eigenvalue weighted by Crippen LogP contribution is -2.24. The zero-order valence-corrected chi connectivity index (χ0v) is 11.5. The predicted molar refractivity (Wildman–Crippen MR) is 79.0 cm³/mol. The van der Waals surface area contributed by atoms with Gasteiger partial charge in [-0.2, -0.15) is 0 Å². The van der Waals surface area contributed by atoms with Gasteiger partial charge in [0.2, 0.25) is 0 Å². The van der Waals surface area contributed by atoms with Crippen LogP contribution in [-0.4, -0.2) is 5.11 Å². The number of hydrogen-bond acceptors (Lipinski definition) is 1. The molecule has 1 N–H and O–H groups in total. The van der Waals surface area contributed by atoms with Gasteiger partial charge in [-0.1, -0.05) is 48.5 Å². The Labute approximate surface area is 121 Å². The second kappa shape index (κ2) is 4.93. The molecule has 0 aromatic heterocycles. The van der Waals surface area contributed by atoms with Crippen LogP contribution in [0.2, 0.25) is 0 Å². The third-order valence-electron chi connectivity index (χ3n) is 3.79. The summed E-state index contributed by atoms with van der Waals surface area (Å²) in [5, 5.41) is 12.7. The first-order valence-corrected chi connectivity index (χ1v) is 6.66. The molecule has 3 aromatic rings. The molecule has 1 atom stereocenters. The van der Waals surface area contributed by atoms with Crippen molar-refractivity contribution in [1.29, 1.82) is 0 Å². The average molecular weight is 284 g/mol. The molecular formula is C18H14F2O. The average Bonchev–Trinajstić information content (AvgIpc) is 2.49. The van der Waals surface area contributed by atoms with E-state index in [1.165, 1.54) is 19.1 Å². The molecule has 0 aliphatic carbocycles. The first-order chi connectivity index (χ1) is 10.00. The summed E-state index contributed by atoms with van der Waals surface area (Å²) in [5.41, 5.74) is -1.15. The van der Waals surface area contributed by atoms with Gasteiger partial charge in [0.25, 0.3) is 0 Å². The molecule has 0 spiro atoms. The van der Waals surface area contributed by atoms with Gasteiger partial charge in [-0.25, -0.2) is 8.78 Å². The van der Waals surface area contributed by atoms with E-state index < -0.39 is 17.2 Å². The topological polar surface area (TPSA) is 20.2 Å². The highest BCUT2D eigenvalue weighted by Gasteiger charge is 2.30. The van der Waals surface area contributed by atoms with Gasteiger partial charge in [0, 0.05) is 5.56 Å². The number of rotatable bonds is 2.